The predicted molar refractivity (Wildman–Crippen MR) is 95.0 cm³/mol. The summed E-state index contributed by atoms with van der Waals surface area (Å²) in [7, 11) is 0. The number of nitro groups is 1. The summed E-state index contributed by atoms with van der Waals surface area (Å²) in [6, 6.07) is 9.35. The smallest absolute Gasteiger partial charge is 0.269 e. The molecule has 0 saturated carbocycles. The van der Waals surface area contributed by atoms with E-state index >= 15 is 0 Å². The van der Waals surface area contributed by atoms with E-state index in [9.17, 15) is 19.3 Å². The van der Waals surface area contributed by atoms with Crippen LogP contribution in [-0.4, -0.2) is 17.4 Å². The lowest BCUT2D eigenvalue weighted by molar-refractivity contribution is -0.384. The Bertz CT molecular complexity index is 1040. The van der Waals surface area contributed by atoms with Gasteiger partial charge in [0.25, 0.3) is 11.6 Å². The Morgan fingerprint density at radius 2 is 2.12 bits per heavy atom. The maximum absolute atomic E-state index is 14.1. The highest BCUT2D eigenvalue weighted by atomic mass is 32.1. The first-order valence-corrected chi connectivity index (χ1v) is 8.56. The van der Waals surface area contributed by atoms with Gasteiger partial charge in [-0.25, -0.2) is 4.39 Å². The van der Waals surface area contributed by atoms with Crippen molar-refractivity contribution >= 4 is 38.7 Å². The number of nitrogens with zero attached hydrogens (tertiary/aromatic N) is 2. The maximum atomic E-state index is 14.1. The number of nitro benzene ring substituents is 1. The first-order chi connectivity index (χ1) is 12.0. The van der Waals surface area contributed by atoms with Crippen LogP contribution in [0.1, 0.15) is 20.8 Å². The summed E-state index contributed by atoms with van der Waals surface area (Å²) in [6.07, 6.45) is 0.570. The van der Waals surface area contributed by atoms with Crippen LogP contribution in [0.4, 0.5) is 15.8 Å². The molecule has 3 aromatic rings. The number of carbonyl (C=O) groups excluding carboxylic acids is 1. The Balaban J connectivity index is 1.76. The molecule has 1 amide bonds. The van der Waals surface area contributed by atoms with Crippen LogP contribution in [0.3, 0.4) is 0 Å². The predicted octanol–water partition coefficient (Wildman–Crippen LogP) is 4.46. The molecule has 4 rings (SSSR count). The van der Waals surface area contributed by atoms with Gasteiger partial charge in [-0.3, -0.25) is 14.9 Å². The molecule has 25 heavy (non-hydrogen) atoms. The molecule has 0 fully saturated rings. The van der Waals surface area contributed by atoms with Crippen molar-refractivity contribution in [2.45, 2.75) is 13.3 Å². The highest BCUT2D eigenvalue weighted by Crippen LogP contribution is 2.37. The Morgan fingerprint density at radius 3 is 2.84 bits per heavy atom. The quantitative estimate of drug-likeness (QED) is 0.503. The summed E-state index contributed by atoms with van der Waals surface area (Å²) in [4.78, 5) is 25.6. The van der Waals surface area contributed by atoms with E-state index in [1.165, 1.54) is 29.5 Å². The van der Waals surface area contributed by atoms with Gasteiger partial charge in [-0.15, -0.1) is 11.3 Å². The molecule has 1 aliphatic heterocycles. The van der Waals surface area contributed by atoms with Crippen LogP contribution in [0.5, 0.6) is 0 Å². The van der Waals surface area contributed by atoms with Crippen molar-refractivity contribution in [2.75, 3.05) is 11.4 Å². The molecule has 0 bridgehead atoms. The molecule has 0 unspecified atom stereocenters. The van der Waals surface area contributed by atoms with Crippen LogP contribution in [0.25, 0.3) is 10.1 Å². The fourth-order valence-electron chi connectivity index (χ4n) is 3.29. The van der Waals surface area contributed by atoms with Gasteiger partial charge in [0, 0.05) is 34.5 Å². The number of hydrogen-bond donors (Lipinski definition) is 0. The van der Waals surface area contributed by atoms with E-state index in [-0.39, 0.29) is 17.4 Å². The van der Waals surface area contributed by atoms with Gasteiger partial charge in [0.15, 0.2) is 0 Å². The molecular weight excluding hydrogens is 343 g/mol. The monoisotopic (exact) mass is 356 g/mol. The number of hydrogen-bond acceptors (Lipinski definition) is 4. The number of non-ortho nitro benzene ring substituents is 1. The van der Waals surface area contributed by atoms with E-state index in [0.29, 0.717) is 34.5 Å². The molecule has 2 aromatic carbocycles. The zero-order chi connectivity index (χ0) is 17.7. The van der Waals surface area contributed by atoms with E-state index in [1.54, 1.807) is 30.0 Å². The Morgan fingerprint density at radius 1 is 1.32 bits per heavy atom. The normalized spacial score (nSPS) is 13.3. The van der Waals surface area contributed by atoms with Crippen LogP contribution in [0.15, 0.2) is 36.4 Å². The van der Waals surface area contributed by atoms with Gasteiger partial charge >= 0.3 is 0 Å². The topological polar surface area (TPSA) is 63.5 Å². The zero-order valence-corrected chi connectivity index (χ0v) is 14.1. The summed E-state index contributed by atoms with van der Waals surface area (Å²) in [6.45, 7) is 2.22. The molecule has 0 spiro atoms. The van der Waals surface area contributed by atoms with Crippen molar-refractivity contribution in [3.05, 3.63) is 68.3 Å². The Hall–Kier alpha value is -2.80. The first-order valence-electron chi connectivity index (χ1n) is 7.74. The number of thiophene rings is 1. The standard InChI is InChI=1S/C18H13FN2O3S/c1-10-16-13(19)3-2-4-15(16)25-17(10)18(22)20-8-7-11-9-12(21(23)24)5-6-14(11)20/h2-6,9H,7-8H2,1H3. The molecule has 1 aliphatic rings. The van der Waals surface area contributed by atoms with Gasteiger partial charge < -0.3 is 4.90 Å². The van der Waals surface area contributed by atoms with Crippen molar-refractivity contribution < 1.29 is 14.1 Å². The Kier molecular flexibility index (Phi) is 3.54. The first kappa shape index (κ1) is 15.7. The molecule has 0 radical (unpaired) electrons. The summed E-state index contributed by atoms with van der Waals surface area (Å²) in [5.41, 5.74) is 2.13. The summed E-state index contributed by atoms with van der Waals surface area (Å²) in [5.74, 6) is -0.520. The number of aryl methyl sites for hydroxylation is 1. The molecule has 0 atom stereocenters. The van der Waals surface area contributed by atoms with Crippen molar-refractivity contribution in [2.24, 2.45) is 0 Å². The molecule has 0 N–H and O–H groups in total. The van der Waals surface area contributed by atoms with Gasteiger partial charge in [0.2, 0.25) is 0 Å². The Labute approximate surface area is 146 Å². The van der Waals surface area contributed by atoms with Crippen LogP contribution >= 0.6 is 11.3 Å². The van der Waals surface area contributed by atoms with Gasteiger partial charge in [0.05, 0.1) is 9.80 Å². The van der Waals surface area contributed by atoms with Crippen LogP contribution in [-0.2, 0) is 6.42 Å². The van der Waals surface area contributed by atoms with E-state index < -0.39 is 4.92 Å². The van der Waals surface area contributed by atoms with Gasteiger partial charge in [0.1, 0.15) is 5.82 Å². The van der Waals surface area contributed by atoms with Crippen LogP contribution in [0.2, 0.25) is 0 Å². The highest BCUT2D eigenvalue weighted by molar-refractivity contribution is 7.21. The van der Waals surface area contributed by atoms with Crippen molar-refractivity contribution in [3.8, 4) is 0 Å². The minimum absolute atomic E-state index is 0.0214. The van der Waals surface area contributed by atoms with Gasteiger partial charge in [-0.1, -0.05) is 6.07 Å². The molecule has 126 valence electrons. The highest BCUT2D eigenvalue weighted by Gasteiger charge is 2.29. The number of amides is 1. The van der Waals surface area contributed by atoms with Crippen molar-refractivity contribution in [1.29, 1.82) is 0 Å². The lowest BCUT2D eigenvalue weighted by Gasteiger charge is -2.16. The fourth-order valence-corrected chi connectivity index (χ4v) is 4.46. The number of fused-ring (bicyclic) bond motifs is 2. The second-order valence-corrected chi connectivity index (χ2v) is 7.00. The average molecular weight is 356 g/mol. The molecule has 1 aromatic heterocycles. The number of halogens is 1. The molecule has 0 aliphatic carbocycles. The lowest BCUT2D eigenvalue weighted by Crippen LogP contribution is -2.28. The van der Waals surface area contributed by atoms with E-state index in [4.69, 9.17) is 0 Å². The largest absolute Gasteiger partial charge is 0.307 e. The lowest BCUT2D eigenvalue weighted by atomic mass is 10.1. The van der Waals surface area contributed by atoms with Crippen LogP contribution in [0, 0.1) is 22.9 Å². The second-order valence-electron chi connectivity index (χ2n) is 5.95. The third kappa shape index (κ3) is 2.39. The van der Waals surface area contributed by atoms with Crippen LogP contribution < -0.4 is 4.90 Å². The summed E-state index contributed by atoms with van der Waals surface area (Å²) >= 11 is 1.28. The number of benzene rings is 2. The summed E-state index contributed by atoms with van der Waals surface area (Å²) < 4.78 is 14.8. The second kappa shape index (κ2) is 5.63. The maximum Gasteiger partial charge on any atom is 0.269 e. The number of carbonyl (C=O) groups is 1. The molecule has 7 heteroatoms. The van der Waals surface area contributed by atoms with Gasteiger partial charge in [-0.2, -0.15) is 0 Å². The summed E-state index contributed by atoms with van der Waals surface area (Å²) in [5, 5.41) is 11.4. The molecular formula is C18H13FN2O3S. The minimum Gasteiger partial charge on any atom is -0.307 e. The third-order valence-corrected chi connectivity index (χ3v) is 5.76. The third-order valence-electron chi connectivity index (χ3n) is 4.51. The van der Waals surface area contributed by atoms with Crippen molar-refractivity contribution in [3.63, 3.8) is 0 Å². The van der Waals surface area contributed by atoms with Gasteiger partial charge in [-0.05, 0) is 42.7 Å². The fraction of sp³-hybridized carbons (Fsp3) is 0.167. The van der Waals surface area contributed by atoms with E-state index in [2.05, 4.69) is 0 Å². The van der Waals surface area contributed by atoms with E-state index in [0.717, 1.165) is 10.3 Å². The zero-order valence-electron chi connectivity index (χ0n) is 13.3. The average Bonchev–Trinajstić information content (AvgIpc) is 3.16. The molecule has 0 saturated heterocycles. The number of rotatable bonds is 2. The number of anilines is 1. The minimum atomic E-state index is -0.441. The SMILES string of the molecule is Cc1c(C(=O)N2CCc3cc([N+](=O)[O-])ccc32)sc2cccc(F)c12. The molecule has 2 heterocycles. The van der Waals surface area contributed by atoms with Crippen molar-refractivity contribution in [1.82, 2.24) is 0 Å². The van der Waals surface area contributed by atoms with E-state index in [1.807, 2.05) is 0 Å². The molecule has 5 nitrogen and oxygen atoms in total.